The Balaban J connectivity index is 2.20. The minimum Gasteiger partial charge on any atom is -0.440 e. The summed E-state index contributed by atoms with van der Waals surface area (Å²) in [6.45, 7) is 6.42. The van der Waals surface area contributed by atoms with E-state index in [9.17, 15) is 9.36 Å². The number of hydrogen-bond donors (Lipinski definition) is 1. The first-order chi connectivity index (χ1) is 14.5. The van der Waals surface area contributed by atoms with E-state index < -0.39 is 25.8 Å². The average Bonchev–Trinajstić information content (AvgIpc) is 3.04. The van der Waals surface area contributed by atoms with Crippen LogP contribution in [0.25, 0.3) is 0 Å². The molecule has 0 unspecified atom stereocenters. The highest BCUT2D eigenvalue weighted by Crippen LogP contribution is 2.49. The van der Waals surface area contributed by atoms with Gasteiger partial charge in [-0.1, -0.05) is 77.2 Å². The van der Waals surface area contributed by atoms with Crippen molar-refractivity contribution in [1.82, 2.24) is 5.32 Å². The molecule has 6 nitrogen and oxygen atoms in total. The van der Waals surface area contributed by atoms with Crippen LogP contribution in [0, 0.1) is 0 Å². The number of unbranched alkanes of at least 4 members (excludes halogenated alkanes) is 11. The topological polar surface area (TPSA) is 73.9 Å². The number of alkyl carbamates (subject to hydrolysis) is 1. The Morgan fingerprint density at radius 2 is 1.43 bits per heavy atom. The molecule has 1 saturated heterocycles. The summed E-state index contributed by atoms with van der Waals surface area (Å²) in [5.74, 6) is 0. The van der Waals surface area contributed by atoms with E-state index in [2.05, 4.69) is 18.3 Å². The van der Waals surface area contributed by atoms with Gasteiger partial charge in [0.1, 0.15) is 6.10 Å². The third-order valence-electron chi connectivity index (χ3n) is 5.31. The first-order valence-corrected chi connectivity index (χ1v) is 13.8. The third-order valence-corrected chi connectivity index (χ3v) is 7.46. The van der Waals surface area contributed by atoms with Crippen LogP contribution in [0.15, 0.2) is 12.2 Å². The van der Waals surface area contributed by atoms with Gasteiger partial charge in [0.25, 0.3) is 0 Å². The van der Waals surface area contributed by atoms with Crippen molar-refractivity contribution in [2.75, 3.05) is 19.4 Å². The van der Waals surface area contributed by atoms with E-state index in [1.165, 1.54) is 64.2 Å². The van der Waals surface area contributed by atoms with Gasteiger partial charge in [0.15, 0.2) is 0 Å². The smallest absolute Gasteiger partial charge is 0.408 e. The summed E-state index contributed by atoms with van der Waals surface area (Å²) >= 11 is 0. The number of hydrogen-bond acceptors (Lipinski definition) is 5. The number of carbonyl (C=O) groups excluding carboxylic acids is 1. The van der Waals surface area contributed by atoms with Crippen LogP contribution < -0.4 is 5.32 Å². The maximum atomic E-state index is 12.7. The molecule has 1 N–H and O–H groups in total. The fourth-order valence-electron chi connectivity index (χ4n) is 3.73. The van der Waals surface area contributed by atoms with E-state index in [4.69, 9.17) is 13.8 Å². The number of cyclic esters (lactones) is 1. The van der Waals surface area contributed by atoms with Gasteiger partial charge in [-0.3, -0.25) is 4.57 Å². The van der Waals surface area contributed by atoms with Gasteiger partial charge in [-0.05, 0) is 32.8 Å². The van der Waals surface area contributed by atoms with Crippen LogP contribution in [-0.4, -0.2) is 37.6 Å². The molecule has 1 heterocycles. The molecule has 1 amide bonds. The summed E-state index contributed by atoms with van der Waals surface area (Å²) in [5.41, 5.74) is 0. The van der Waals surface area contributed by atoms with E-state index >= 15 is 0 Å². The van der Waals surface area contributed by atoms with Crippen LogP contribution in [0.4, 0.5) is 4.79 Å². The van der Waals surface area contributed by atoms with Crippen LogP contribution in [-0.2, 0) is 18.3 Å². The molecule has 0 radical (unpaired) electrons. The van der Waals surface area contributed by atoms with Crippen molar-refractivity contribution in [2.45, 2.75) is 110 Å². The summed E-state index contributed by atoms with van der Waals surface area (Å²) in [4.78, 5) is 11.7. The second-order valence-corrected chi connectivity index (χ2v) is 10.1. The number of amides is 1. The molecule has 1 aliphatic rings. The van der Waals surface area contributed by atoms with E-state index in [1.54, 1.807) is 13.8 Å². The van der Waals surface area contributed by atoms with Crippen molar-refractivity contribution in [2.24, 2.45) is 0 Å². The summed E-state index contributed by atoms with van der Waals surface area (Å²) < 4.78 is 28.7. The first-order valence-electron chi connectivity index (χ1n) is 12.1. The van der Waals surface area contributed by atoms with Crippen molar-refractivity contribution in [3.63, 3.8) is 0 Å². The molecule has 0 bridgehead atoms. The normalized spacial score (nSPS) is 19.4. The lowest BCUT2D eigenvalue weighted by Crippen LogP contribution is -2.34. The van der Waals surface area contributed by atoms with E-state index in [0.29, 0.717) is 13.2 Å². The predicted octanol–water partition coefficient (Wildman–Crippen LogP) is 6.99. The third kappa shape index (κ3) is 12.1. The van der Waals surface area contributed by atoms with Crippen LogP contribution in [0.5, 0.6) is 0 Å². The van der Waals surface area contributed by atoms with Crippen LogP contribution in [0.1, 0.15) is 97.8 Å². The fourth-order valence-corrected chi connectivity index (χ4v) is 5.58. The minimum atomic E-state index is -3.23. The molecular formula is C23H44NO5P. The highest BCUT2D eigenvalue weighted by Gasteiger charge is 2.39. The van der Waals surface area contributed by atoms with Gasteiger partial charge in [-0.2, -0.15) is 0 Å². The second kappa shape index (κ2) is 16.8. The molecule has 7 heteroatoms. The lowest BCUT2D eigenvalue weighted by molar-refractivity contribution is 0.153. The van der Waals surface area contributed by atoms with Gasteiger partial charge in [-0.15, -0.1) is 0 Å². The Kier molecular flexibility index (Phi) is 15.2. The second-order valence-electron chi connectivity index (χ2n) is 8.00. The molecule has 0 aromatic rings. The summed E-state index contributed by atoms with van der Waals surface area (Å²) in [6, 6.07) is -0.394. The van der Waals surface area contributed by atoms with Gasteiger partial charge in [0.2, 0.25) is 0 Å². The van der Waals surface area contributed by atoms with Crippen molar-refractivity contribution in [3.05, 3.63) is 12.2 Å². The Morgan fingerprint density at radius 1 is 0.900 bits per heavy atom. The number of carbonyl (C=O) groups is 1. The Morgan fingerprint density at radius 3 is 1.97 bits per heavy atom. The van der Waals surface area contributed by atoms with Crippen LogP contribution in [0.3, 0.4) is 0 Å². The number of nitrogens with one attached hydrogen (secondary N) is 1. The molecule has 1 aliphatic heterocycles. The zero-order chi connectivity index (χ0) is 22.1. The van der Waals surface area contributed by atoms with Gasteiger partial charge in [0.05, 0.1) is 25.4 Å². The molecule has 0 aromatic carbocycles. The van der Waals surface area contributed by atoms with Gasteiger partial charge < -0.3 is 19.1 Å². The van der Waals surface area contributed by atoms with Crippen LogP contribution >= 0.6 is 7.60 Å². The van der Waals surface area contributed by atoms with Crippen molar-refractivity contribution in [1.29, 1.82) is 0 Å². The van der Waals surface area contributed by atoms with Crippen molar-refractivity contribution < 1.29 is 23.1 Å². The molecule has 2 atom stereocenters. The van der Waals surface area contributed by atoms with Gasteiger partial charge in [0, 0.05) is 0 Å². The Bertz CT molecular complexity index is 516. The molecule has 176 valence electrons. The molecular weight excluding hydrogens is 401 g/mol. The average molecular weight is 446 g/mol. The molecule has 0 spiro atoms. The van der Waals surface area contributed by atoms with Crippen molar-refractivity contribution in [3.8, 4) is 0 Å². The molecule has 30 heavy (non-hydrogen) atoms. The molecule has 0 saturated carbocycles. The molecule has 1 rings (SSSR count). The summed E-state index contributed by atoms with van der Waals surface area (Å²) in [6.07, 6.45) is 18.7. The SMILES string of the molecule is CCCCCCCCCCCCC/C=C/[C@H]1OC(=O)N[C@@H]1CP(=O)(OCC)OCC. The number of rotatable bonds is 19. The summed E-state index contributed by atoms with van der Waals surface area (Å²) in [5, 5.41) is 2.73. The van der Waals surface area contributed by atoms with E-state index in [-0.39, 0.29) is 6.16 Å². The maximum absolute atomic E-state index is 12.7. The Labute approximate surface area is 184 Å². The van der Waals surface area contributed by atoms with E-state index in [1.807, 2.05) is 6.08 Å². The minimum absolute atomic E-state index is 0.119. The quantitative estimate of drug-likeness (QED) is 0.132. The zero-order valence-electron chi connectivity index (χ0n) is 19.4. The van der Waals surface area contributed by atoms with Crippen LogP contribution in [0.2, 0.25) is 0 Å². The van der Waals surface area contributed by atoms with E-state index in [0.717, 1.165) is 12.8 Å². The highest BCUT2D eigenvalue weighted by atomic mass is 31.2. The zero-order valence-corrected chi connectivity index (χ0v) is 20.3. The molecule has 1 fully saturated rings. The monoisotopic (exact) mass is 445 g/mol. The standard InChI is InChI=1S/C23H44NO5P/c1-4-7-8-9-10-11-12-13-14-15-16-17-18-19-22-21(24-23(25)29-22)20-30(26,27-5-2)28-6-3/h18-19,21-22H,4-17,20H2,1-3H3,(H,24,25)/b19-18+/t21-,22-/m1/s1. The lowest BCUT2D eigenvalue weighted by Gasteiger charge is -2.21. The highest BCUT2D eigenvalue weighted by molar-refractivity contribution is 7.53. The summed E-state index contributed by atoms with van der Waals surface area (Å²) in [7, 11) is -3.23. The predicted molar refractivity (Wildman–Crippen MR) is 123 cm³/mol. The fraction of sp³-hybridized carbons (Fsp3) is 0.870. The van der Waals surface area contributed by atoms with Crippen molar-refractivity contribution >= 4 is 13.7 Å². The lowest BCUT2D eigenvalue weighted by atomic mass is 10.0. The largest absolute Gasteiger partial charge is 0.440 e. The number of allylic oxidation sites excluding steroid dienone is 1. The van der Waals surface area contributed by atoms with Gasteiger partial charge >= 0.3 is 13.7 Å². The molecule has 0 aliphatic carbocycles. The Hall–Kier alpha value is -0.840. The number of ether oxygens (including phenoxy) is 1. The maximum Gasteiger partial charge on any atom is 0.408 e. The van der Waals surface area contributed by atoms with Gasteiger partial charge in [-0.25, -0.2) is 4.79 Å². The first kappa shape index (κ1) is 27.2. The molecule has 0 aromatic heterocycles.